The summed E-state index contributed by atoms with van der Waals surface area (Å²) in [5.41, 5.74) is 1.31. The molecule has 8 heteroatoms. The van der Waals surface area contributed by atoms with Crippen molar-refractivity contribution in [2.45, 2.75) is 19.9 Å². The monoisotopic (exact) mass is 372 g/mol. The molecule has 4 rings (SSSR count). The van der Waals surface area contributed by atoms with Gasteiger partial charge in [-0.15, -0.1) is 27.8 Å². The Hall–Kier alpha value is -2.45. The SMILES string of the molecule is CCOC(=O)C1=C(C)Nc2nc(-c3cccs3)nn2C1c1cccs1. The van der Waals surface area contributed by atoms with Crippen LogP contribution in [0.5, 0.6) is 0 Å². The first-order valence-electron chi connectivity index (χ1n) is 7.87. The predicted octanol–water partition coefficient (Wildman–Crippen LogP) is 3.92. The molecule has 3 aromatic rings. The highest BCUT2D eigenvalue weighted by molar-refractivity contribution is 7.13. The van der Waals surface area contributed by atoms with Gasteiger partial charge in [0, 0.05) is 10.6 Å². The van der Waals surface area contributed by atoms with Crippen molar-refractivity contribution in [3.8, 4) is 10.7 Å². The van der Waals surface area contributed by atoms with E-state index in [0.717, 1.165) is 15.5 Å². The number of ether oxygens (including phenoxy) is 1. The lowest BCUT2D eigenvalue weighted by Crippen LogP contribution is -2.29. The Morgan fingerprint density at radius 3 is 2.80 bits per heavy atom. The molecule has 1 aliphatic heterocycles. The lowest BCUT2D eigenvalue weighted by molar-refractivity contribution is -0.139. The maximum atomic E-state index is 12.6. The summed E-state index contributed by atoms with van der Waals surface area (Å²) in [7, 11) is 0. The van der Waals surface area contributed by atoms with E-state index in [1.54, 1.807) is 34.3 Å². The third-order valence-corrected chi connectivity index (χ3v) is 5.69. The molecular formula is C17H16N4O2S2. The first-order valence-corrected chi connectivity index (χ1v) is 9.63. The van der Waals surface area contributed by atoms with Gasteiger partial charge in [-0.2, -0.15) is 4.98 Å². The van der Waals surface area contributed by atoms with Gasteiger partial charge in [0.2, 0.25) is 5.95 Å². The van der Waals surface area contributed by atoms with Crippen molar-refractivity contribution in [1.29, 1.82) is 0 Å². The summed E-state index contributed by atoms with van der Waals surface area (Å²) in [6.45, 7) is 4.01. The van der Waals surface area contributed by atoms with E-state index < -0.39 is 0 Å². The van der Waals surface area contributed by atoms with Gasteiger partial charge in [0.15, 0.2) is 5.82 Å². The molecule has 3 aromatic heterocycles. The smallest absolute Gasteiger partial charge is 0.338 e. The molecule has 0 spiro atoms. The average molecular weight is 372 g/mol. The first kappa shape index (κ1) is 16.0. The van der Waals surface area contributed by atoms with Crippen LogP contribution in [0.1, 0.15) is 24.8 Å². The van der Waals surface area contributed by atoms with Crippen LogP contribution in [0.3, 0.4) is 0 Å². The topological polar surface area (TPSA) is 69.0 Å². The summed E-state index contributed by atoms with van der Waals surface area (Å²) in [6, 6.07) is 7.59. The van der Waals surface area contributed by atoms with Crippen molar-refractivity contribution in [3.05, 3.63) is 51.2 Å². The molecule has 0 saturated carbocycles. The third kappa shape index (κ3) is 2.77. The molecule has 1 aliphatic rings. The number of rotatable bonds is 4. The van der Waals surface area contributed by atoms with Crippen LogP contribution in [-0.2, 0) is 9.53 Å². The summed E-state index contributed by atoms with van der Waals surface area (Å²) in [5, 5.41) is 11.9. The van der Waals surface area contributed by atoms with Gasteiger partial charge in [0.1, 0.15) is 6.04 Å². The van der Waals surface area contributed by atoms with Crippen LogP contribution < -0.4 is 5.32 Å². The molecule has 1 N–H and O–H groups in total. The number of esters is 1. The second-order valence-electron chi connectivity index (χ2n) is 5.48. The highest BCUT2D eigenvalue weighted by Crippen LogP contribution is 2.38. The zero-order valence-corrected chi connectivity index (χ0v) is 15.4. The minimum absolute atomic E-state index is 0.329. The van der Waals surface area contributed by atoms with Crippen molar-refractivity contribution in [3.63, 3.8) is 0 Å². The van der Waals surface area contributed by atoms with E-state index >= 15 is 0 Å². The summed E-state index contributed by atoms with van der Waals surface area (Å²) in [4.78, 5) is 19.2. The molecule has 25 heavy (non-hydrogen) atoms. The molecule has 0 aromatic carbocycles. The van der Waals surface area contributed by atoms with E-state index in [4.69, 9.17) is 4.74 Å². The fraction of sp³-hybridized carbons (Fsp3) is 0.235. The lowest BCUT2D eigenvalue weighted by Gasteiger charge is -2.27. The van der Waals surface area contributed by atoms with E-state index in [2.05, 4.69) is 15.4 Å². The second kappa shape index (κ2) is 6.45. The lowest BCUT2D eigenvalue weighted by atomic mass is 10.0. The van der Waals surface area contributed by atoms with Crippen LogP contribution in [0.2, 0.25) is 0 Å². The van der Waals surface area contributed by atoms with Gasteiger partial charge in [-0.3, -0.25) is 0 Å². The quantitative estimate of drug-likeness (QED) is 0.703. The molecule has 0 amide bonds. The highest BCUT2D eigenvalue weighted by Gasteiger charge is 2.35. The average Bonchev–Trinajstić information content (AvgIpc) is 3.33. The number of thiophene rings is 2. The Morgan fingerprint density at radius 1 is 1.32 bits per heavy atom. The van der Waals surface area contributed by atoms with E-state index in [1.807, 2.05) is 41.9 Å². The number of anilines is 1. The van der Waals surface area contributed by atoms with Crippen LogP contribution in [-0.4, -0.2) is 27.3 Å². The number of fused-ring (bicyclic) bond motifs is 1. The minimum Gasteiger partial charge on any atom is -0.463 e. The largest absolute Gasteiger partial charge is 0.463 e. The number of nitrogens with zero attached hydrogens (tertiary/aromatic N) is 3. The molecular weight excluding hydrogens is 356 g/mol. The number of aromatic nitrogens is 3. The first-order chi connectivity index (χ1) is 12.2. The highest BCUT2D eigenvalue weighted by atomic mass is 32.1. The zero-order chi connectivity index (χ0) is 17.4. The number of carbonyl (C=O) groups excluding carboxylic acids is 1. The van der Waals surface area contributed by atoms with Crippen molar-refractivity contribution in [2.24, 2.45) is 0 Å². The van der Waals surface area contributed by atoms with Gasteiger partial charge in [0.05, 0.1) is 17.1 Å². The molecule has 1 unspecified atom stereocenters. The maximum Gasteiger partial charge on any atom is 0.338 e. The van der Waals surface area contributed by atoms with Gasteiger partial charge in [0.25, 0.3) is 0 Å². The van der Waals surface area contributed by atoms with E-state index in [-0.39, 0.29) is 12.0 Å². The van der Waals surface area contributed by atoms with Gasteiger partial charge in [-0.25, -0.2) is 9.48 Å². The Morgan fingerprint density at radius 2 is 2.12 bits per heavy atom. The van der Waals surface area contributed by atoms with E-state index in [0.29, 0.717) is 24.0 Å². The van der Waals surface area contributed by atoms with Gasteiger partial charge < -0.3 is 10.1 Å². The van der Waals surface area contributed by atoms with E-state index in [1.165, 1.54) is 0 Å². The van der Waals surface area contributed by atoms with Crippen LogP contribution in [0.15, 0.2) is 46.3 Å². The second-order valence-corrected chi connectivity index (χ2v) is 7.41. The minimum atomic E-state index is -0.337. The summed E-state index contributed by atoms with van der Waals surface area (Å²) >= 11 is 3.17. The number of allylic oxidation sites excluding steroid dienone is 1. The Balaban J connectivity index is 1.85. The summed E-state index contributed by atoms with van der Waals surface area (Å²) in [6.07, 6.45) is 0. The molecule has 0 bridgehead atoms. The molecule has 0 radical (unpaired) electrons. The molecule has 1 atom stereocenters. The normalized spacial score (nSPS) is 16.5. The molecule has 0 fully saturated rings. The van der Waals surface area contributed by atoms with Gasteiger partial charge >= 0.3 is 5.97 Å². The number of nitrogens with one attached hydrogen (secondary N) is 1. The number of hydrogen-bond donors (Lipinski definition) is 1. The van der Waals surface area contributed by atoms with Crippen LogP contribution in [0.4, 0.5) is 5.95 Å². The zero-order valence-electron chi connectivity index (χ0n) is 13.7. The number of carbonyl (C=O) groups is 1. The molecule has 0 saturated heterocycles. The summed E-state index contributed by atoms with van der Waals surface area (Å²) in [5.74, 6) is 0.953. The molecule has 0 aliphatic carbocycles. The van der Waals surface area contributed by atoms with Crippen molar-refractivity contribution in [1.82, 2.24) is 14.8 Å². The van der Waals surface area contributed by atoms with Gasteiger partial charge in [-0.1, -0.05) is 12.1 Å². The number of hydrogen-bond acceptors (Lipinski definition) is 7. The van der Waals surface area contributed by atoms with Crippen LogP contribution in [0.25, 0.3) is 10.7 Å². The maximum absolute atomic E-state index is 12.6. The fourth-order valence-corrected chi connectivity index (χ4v) is 4.32. The van der Waals surface area contributed by atoms with Crippen molar-refractivity contribution >= 4 is 34.6 Å². The Bertz CT molecular complexity index is 926. The predicted molar refractivity (Wildman–Crippen MR) is 98.7 cm³/mol. The standard InChI is InChI=1S/C17H16N4O2S2/c1-3-23-16(22)13-10(2)18-17-19-15(12-7-5-9-25-12)20-21(17)14(13)11-6-4-8-24-11/h4-9,14H,3H2,1-2H3,(H,18,19,20). The molecule has 128 valence electrons. The van der Waals surface area contributed by atoms with E-state index in [9.17, 15) is 4.79 Å². The molecule has 6 nitrogen and oxygen atoms in total. The molecule has 4 heterocycles. The summed E-state index contributed by atoms with van der Waals surface area (Å²) < 4.78 is 7.06. The van der Waals surface area contributed by atoms with Crippen LogP contribution in [0, 0.1) is 0 Å². The fourth-order valence-electron chi connectivity index (χ4n) is 2.84. The third-order valence-electron chi connectivity index (χ3n) is 3.90. The van der Waals surface area contributed by atoms with Gasteiger partial charge in [-0.05, 0) is 36.7 Å². The van der Waals surface area contributed by atoms with Crippen LogP contribution >= 0.6 is 22.7 Å². The van der Waals surface area contributed by atoms with Crippen molar-refractivity contribution < 1.29 is 9.53 Å². The Labute approximate surface area is 152 Å². The van der Waals surface area contributed by atoms with Crippen molar-refractivity contribution in [2.75, 3.05) is 11.9 Å². The Kier molecular flexibility index (Phi) is 4.14.